The molecule has 2 aromatic heterocycles. The summed E-state index contributed by atoms with van der Waals surface area (Å²) in [4.78, 5) is 10.8. The summed E-state index contributed by atoms with van der Waals surface area (Å²) >= 11 is 1.41. The molecular weight excluding hydrogens is 303 g/mol. The molecule has 0 aromatic carbocycles. The van der Waals surface area contributed by atoms with E-state index in [1.807, 2.05) is 11.4 Å². The second kappa shape index (κ2) is 5.30. The average molecular weight is 317 g/mol. The van der Waals surface area contributed by atoms with Crippen LogP contribution < -0.4 is 16.2 Å². The first kappa shape index (κ1) is 14.3. The number of alkyl halides is 3. The molecule has 3 rings (SSSR count). The van der Waals surface area contributed by atoms with Crippen molar-refractivity contribution in [2.24, 2.45) is 11.8 Å². The number of piperidine rings is 1. The third kappa shape index (κ3) is 2.75. The quantitative estimate of drug-likeness (QED) is 0.658. The van der Waals surface area contributed by atoms with E-state index in [1.54, 1.807) is 4.90 Å². The molecule has 1 unspecified atom stereocenters. The van der Waals surface area contributed by atoms with Gasteiger partial charge in [-0.15, -0.1) is 11.3 Å². The van der Waals surface area contributed by atoms with Crippen molar-refractivity contribution in [2.75, 3.05) is 23.4 Å². The van der Waals surface area contributed by atoms with Crippen molar-refractivity contribution in [1.29, 1.82) is 0 Å². The molecule has 5 nitrogen and oxygen atoms in total. The fraction of sp³-hybridized carbons (Fsp3) is 0.500. The molecule has 3 heterocycles. The third-order valence-corrected chi connectivity index (χ3v) is 4.42. The van der Waals surface area contributed by atoms with Crippen LogP contribution >= 0.6 is 11.3 Å². The van der Waals surface area contributed by atoms with Crippen LogP contribution in [0.3, 0.4) is 0 Å². The summed E-state index contributed by atoms with van der Waals surface area (Å²) in [5.41, 5.74) is 2.37. The van der Waals surface area contributed by atoms with E-state index < -0.39 is 12.1 Å². The maximum atomic E-state index is 12.9. The van der Waals surface area contributed by atoms with E-state index in [0.717, 1.165) is 5.39 Å². The number of nitrogens with one attached hydrogen (secondary N) is 1. The molecule has 0 bridgehead atoms. The lowest BCUT2D eigenvalue weighted by Gasteiger charge is -2.34. The number of aromatic nitrogens is 2. The van der Waals surface area contributed by atoms with Crippen molar-refractivity contribution in [3.05, 3.63) is 11.4 Å². The van der Waals surface area contributed by atoms with Gasteiger partial charge in [0.15, 0.2) is 0 Å². The first-order valence-corrected chi connectivity index (χ1v) is 7.40. The number of thiophene rings is 1. The highest BCUT2D eigenvalue weighted by molar-refractivity contribution is 7.16. The maximum absolute atomic E-state index is 12.9. The van der Waals surface area contributed by atoms with Crippen LogP contribution in [0.2, 0.25) is 0 Å². The number of rotatable bonds is 2. The van der Waals surface area contributed by atoms with E-state index in [1.165, 1.54) is 11.3 Å². The lowest BCUT2D eigenvalue weighted by atomic mass is 9.97. The Morgan fingerprint density at radius 2 is 2.19 bits per heavy atom. The normalized spacial score (nSPS) is 20.0. The van der Waals surface area contributed by atoms with Crippen LogP contribution in [0.1, 0.15) is 12.8 Å². The van der Waals surface area contributed by atoms with Crippen LogP contribution in [0.25, 0.3) is 10.2 Å². The van der Waals surface area contributed by atoms with Gasteiger partial charge in [0.05, 0.1) is 11.3 Å². The van der Waals surface area contributed by atoms with Crippen LogP contribution in [0.4, 0.5) is 24.9 Å². The van der Waals surface area contributed by atoms with Crippen LogP contribution in [0.15, 0.2) is 11.4 Å². The molecule has 114 valence electrons. The molecule has 1 atom stereocenters. The van der Waals surface area contributed by atoms with Gasteiger partial charge < -0.3 is 4.90 Å². The van der Waals surface area contributed by atoms with Crippen molar-refractivity contribution in [1.82, 2.24) is 9.97 Å². The van der Waals surface area contributed by atoms with Gasteiger partial charge in [0.25, 0.3) is 0 Å². The first-order valence-electron chi connectivity index (χ1n) is 6.52. The lowest BCUT2D eigenvalue weighted by molar-refractivity contribution is -0.176. The SMILES string of the molecule is NNc1nc(N2CCCC(C(F)(F)F)C2)c2ccsc2n1. The van der Waals surface area contributed by atoms with Crippen molar-refractivity contribution >= 4 is 33.3 Å². The Hall–Kier alpha value is -1.61. The van der Waals surface area contributed by atoms with Gasteiger partial charge in [0, 0.05) is 13.1 Å². The number of nitrogens with zero attached hydrogens (tertiary/aromatic N) is 3. The standard InChI is InChI=1S/C12H14F3N5S/c13-12(14,15)7-2-1-4-20(6-7)9-8-3-5-21-10(8)18-11(17-9)19-16/h3,5,7H,1-2,4,6,16H2,(H,17,18,19). The molecule has 2 aromatic rings. The second-order valence-corrected chi connectivity index (χ2v) is 5.88. The predicted octanol–water partition coefficient (Wildman–Crippen LogP) is 2.76. The zero-order valence-corrected chi connectivity index (χ0v) is 11.8. The van der Waals surface area contributed by atoms with Gasteiger partial charge in [-0.2, -0.15) is 18.2 Å². The summed E-state index contributed by atoms with van der Waals surface area (Å²) in [5, 5.41) is 2.61. The lowest BCUT2D eigenvalue weighted by Crippen LogP contribution is -2.42. The zero-order valence-electron chi connectivity index (χ0n) is 11.0. The molecule has 1 fully saturated rings. The van der Waals surface area contributed by atoms with E-state index in [0.29, 0.717) is 23.6 Å². The molecule has 0 amide bonds. The van der Waals surface area contributed by atoms with Crippen LogP contribution in [-0.4, -0.2) is 29.2 Å². The molecule has 0 saturated carbocycles. The molecule has 0 aliphatic carbocycles. The Labute approximate surface area is 122 Å². The molecule has 21 heavy (non-hydrogen) atoms. The van der Waals surface area contributed by atoms with Crippen molar-refractivity contribution in [2.45, 2.75) is 19.0 Å². The van der Waals surface area contributed by atoms with Gasteiger partial charge in [-0.25, -0.2) is 10.8 Å². The van der Waals surface area contributed by atoms with Gasteiger partial charge in [-0.05, 0) is 24.3 Å². The highest BCUT2D eigenvalue weighted by Gasteiger charge is 2.42. The minimum atomic E-state index is -4.17. The molecule has 1 aliphatic heterocycles. The molecule has 0 radical (unpaired) electrons. The topological polar surface area (TPSA) is 67.1 Å². The van der Waals surface area contributed by atoms with E-state index in [2.05, 4.69) is 15.4 Å². The summed E-state index contributed by atoms with van der Waals surface area (Å²) in [5.74, 6) is 4.75. The molecule has 1 aliphatic rings. The smallest absolute Gasteiger partial charge is 0.355 e. The van der Waals surface area contributed by atoms with Crippen LogP contribution in [0, 0.1) is 5.92 Å². The summed E-state index contributed by atoms with van der Waals surface area (Å²) in [6, 6.07) is 1.83. The van der Waals surface area contributed by atoms with E-state index >= 15 is 0 Å². The summed E-state index contributed by atoms with van der Waals surface area (Å²) in [6.07, 6.45) is -3.51. The summed E-state index contributed by atoms with van der Waals surface area (Å²) < 4.78 is 38.8. The number of hydrazine groups is 1. The Kier molecular flexibility index (Phi) is 3.62. The monoisotopic (exact) mass is 317 g/mol. The largest absolute Gasteiger partial charge is 0.393 e. The molecule has 1 saturated heterocycles. The molecular formula is C12H14F3N5S. The molecule has 3 N–H and O–H groups in total. The van der Waals surface area contributed by atoms with Gasteiger partial charge >= 0.3 is 6.18 Å². The second-order valence-electron chi connectivity index (χ2n) is 4.98. The fourth-order valence-electron chi connectivity index (χ4n) is 2.58. The Morgan fingerprint density at radius 3 is 2.90 bits per heavy atom. The maximum Gasteiger partial charge on any atom is 0.393 e. The third-order valence-electron chi connectivity index (χ3n) is 3.62. The number of halogens is 3. The number of anilines is 2. The van der Waals surface area contributed by atoms with Crippen molar-refractivity contribution in [3.63, 3.8) is 0 Å². The number of nitrogens with two attached hydrogens (primary N) is 1. The summed E-state index contributed by atoms with van der Waals surface area (Å²) in [7, 11) is 0. The minimum absolute atomic E-state index is 0.0739. The first-order chi connectivity index (χ1) is 9.99. The van der Waals surface area contributed by atoms with E-state index in [9.17, 15) is 13.2 Å². The molecule has 9 heteroatoms. The van der Waals surface area contributed by atoms with Crippen LogP contribution in [0.5, 0.6) is 0 Å². The van der Waals surface area contributed by atoms with Gasteiger partial charge in [-0.3, -0.25) is 5.43 Å². The number of hydrogen-bond donors (Lipinski definition) is 2. The van der Waals surface area contributed by atoms with E-state index in [-0.39, 0.29) is 18.9 Å². The Balaban J connectivity index is 1.97. The number of fused-ring (bicyclic) bond motifs is 1. The van der Waals surface area contributed by atoms with Crippen LogP contribution in [-0.2, 0) is 0 Å². The highest BCUT2D eigenvalue weighted by Crippen LogP contribution is 2.36. The zero-order chi connectivity index (χ0) is 15.0. The van der Waals surface area contributed by atoms with Gasteiger partial charge in [-0.1, -0.05) is 0 Å². The van der Waals surface area contributed by atoms with Gasteiger partial charge in [0.1, 0.15) is 10.6 Å². The highest BCUT2D eigenvalue weighted by atomic mass is 32.1. The molecule has 0 spiro atoms. The number of nitrogen functional groups attached to an aromatic ring is 1. The average Bonchev–Trinajstić information content (AvgIpc) is 2.93. The van der Waals surface area contributed by atoms with Crippen molar-refractivity contribution in [3.8, 4) is 0 Å². The number of hydrogen-bond acceptors (Lipinski definition) is 6. The Bertz CT molecular complexity index is 641. The van der Waals surface area contributed by atoms with E-state index in [4.69, 9.17) is 5.84 Å². The van der Waals surface area contributed by atoms with Gasteiger partial charge in [0.2, 0.25) is 5.95 Å². The minimum Gasteiger partial charge on any atom is -0.355 e. The van der Waals surface area contributed by atoms with Crippen molar-refractivity contribution < 1.29 is 13.2 Å². The fourth-order valence-corrected chi connectivity index (χ4v) is 3.34. The Morgan fingerprint density at radius 1 is 1.38 bits per heavy atom. The summed E-state index contributed by atoms with van der Waals surface area (Å²) in [6.45, 7) is 0.480. The predicted molar refractivity (Wildman–Crippen MR) is 76.2 cm³/mol.